The molecule has 0 radical (unpaired) electrons. The third-order valence-electron chi connectivity index (χ3n) is 1.60. The zero-order valence-electron chi connectivity index (χ0n) is 8.33. The Bertz CT molecular complexity index is 361. The zero-order valence-corrected chi connectivity index (χ0v) is 9.96. The average Bonchev–Trinajstić information content (AvgIpc) is 2.62. The highest BCUT2D eigenvalue weighted by atomic mass is 32.1. The van der Waals surface area contributed by atoms with Crippen molar-refractivity contribution >= 4 is 28.7 Å². The molecular weight excluding hydrogens is 234 g/mol. The summed E-state index contributed by atoms with van der Waals surface area (Å²) in [6.45, 7) is 1.80. The Morgan fingerprint density at radius 1 is 1.67 bits per heavy atom. The van der Waals surface area contributed by atoms with Gasteiger partial charge < -0.3 is 20.4 Å². The summed E-state index contributed by atoms with van der Waals surface area (Å²) < 4.78 is 4.86. The van der Waals surface area contributed by atoms with Crippen LogP contribution in [0.5, 0.6) is 0 Å². The summed E-state index contributed by atoms with van der Waals surface area (Å²) in [5.41, 5.74) is 0.834. The van der Waals surface area contributed by atoms with Crippen molar-refractivity contribution < 1.29 is 4.74 Å². The SMILES string of the molecule is COCCNC(=S)NCc1csc(=O)[nH]1. The third-order valence-corrected chi connectivity index (χ3v) is 2.61. The van der Waals surface area contributed by atoms with Crippen molar-refractivity contribution in [3.8, 4) is 0 Å². The molecule has 1 heterocycles. The van der Waals surface area contributed by atoms with Gasteiger partial charge in [-0.15, -0.1) is 0 Å². The van der Waals surface area contributed by atoms with E-state index in [1.807, 2.05) is 0 Å². The van der Waals surface area contributed by atoms with Gasteiger partial charge in [-0.3, -0.25) is 4.79 Å². The van der Waals surface area contributed by atoms with Crippen molar-refractivity contribution in [1.29, 1.82) is 0 Å². The number of H-pyrrole nitrogens is 1. The van der Waals surface area contributed by atoms with E-state index in [9.17, 15) is 4.79 Å². The molecule has 0 unspecified atom stereocenters. The Balaban J connectivity index is 2.19. The molecule has 0 saturated heterocycles. The fourth-order valence-corrected chi connectivity index (χ4v) is 1.66. The first kappa shape index (κ1) is 12.2. The number of ether oxygens (including phenoxy) is 1. The van der Waals surface area contributed by atoms with E-state index >= 15 is 0 Å². The van der Waals surface area contributed by atoms with Crippen molar-refractivity contribution in [2.75, 3.05) is 20.3 Å². The van der Waals surface area contributed by atoms with Gasteiger partial charge in [0.15, 0.2) is 5.11 Å². The summed E-state index contributed by atoms with van der Waals surface area (Å²) in [6, 6.07) is 0. The lowest BCUT2D eigenvalue weighted by Gasteiger charge is -2.08. The van der Waals surface area contributed by atoms with Crippen LogP contribution in [-0.2, 0) is 11.3 Å². The van der Waals surface area contributed by atoms with Crippen LogP contribution < -0.4 is 15.5 Å². The zero-order chi connectivity index (χ0) is 11.1. The highest BCUT2D eigenvalue weighted by molar-refractivity contribution is 7.80. The first-order valence-corrected chi connectivity index (χ1v) is 5.68. The van der Waals surface area contributed by atoms with Gasteiger partial charge in [0, 0.05) is 24.7 Å². The van der Waals surface area contributed by atoms with E-state index in [1.165, 1.54) is 0 Å². The third kappa shape index (κ3) is 4.91. The first-order valence-electron chi connectivity index (χ1n) is 4.39. The first-order chi connectivity index (χ1) is 7.22. The Kier molecular flexibility index (Phi) is 5.30. The molecule has 1 rings (SSSR count). The molecule has 5 nitrogen and oxygen atoms in total. The fraction of sp³-hybridized carbons (Fsp3) is 0.500. The van der Waals surface area contributed by atoms with Crippen LogP contribution in [-0.4, -0.2) is 30.4 Å². The molecule has 1 aromatic heterocycles. The quantitative estimate of drug-likeness (QED) is 0.507. The van der Waals surface area contributed by atoms with Gasteiger partial charge in [-0.2, -0.15) is 0 Å². The lowest BCUT2D eigenvalue weighted by Crippen LogP contribution is -2.36. The topological polar surface area (TPSA) is 66.2 Å². The maximum absolute atomic E-state index is 10.8. The molecule has 0 fully saturated rings. The highest BCUT2D eigenvalue weighted by Crippen LogP contribution is 1.93. The van der Waals surface area contributed by atoms with Crippen LogP contribution in [0.2, 0.25) is 0 Å². The van der Waals surface area contributed by atoms with E-state index in [4.69, 9.17) is 17.0 Å². The van der Waals surface area contributed by atoms with Crippen LogP contribution in [0.25, 0.3) is 0 Å². The van der Waals surface area contributed by atoms with Crippen molar-refractivity contribution in [2.45, 2.75) is 6.54 Å². The van der Waals surface area contributed by atoms with Crippen LogP contribution >= 0.6 is 23.6 Å². The lowest BCUT2D eigenvalue weighted by atomic mass is 10.5. The molecule has 0 aromatic carbocycles. The summed E-state index contributed by atoms with van der Waals surface area (Å²) in [4.78, 5) is 13.5. The summed E-state index contributed by atoms with van der Waals surface area (Å²) >= 11 is 6.15. The van der Waals surface area contributed by atoms with Crippen molar-refractivity contribution in [3.63, 3.8) is 0 Å². The Morgan fingerprint density at radius 2 is 2.47 bits per heavy atom. The van der Waals surface area contributed by atoms with Gasteiger partial charge in [-0.1, -0.05) is 11.3 Å². The van der Waals surface area contributed by atoms with Gasteiger partial charge >= 0.3 is 4.87 Å². The van der Waals surface area contributed by atoms with Gasteiger partial charge in [0.2, 0.25) is 0 Å². The van der Waals surface area contributed by atoms with E-state index < -0.39 is 0 Å². The number of nitrogens with one attached hydrogen (secondary N) is 3. The molecule has 0 aliphatic rings. The summed E-state index contributed by atoms with van der Waals surface area (Å²) in [7, 11) is 1.63. The van der Waals surface area contributed by atoms with Crippen LogP contribution in [0.4, 0.5) is 0 Å². The molecule has 84 valence electrons. The Morgan fingerprint density at radius 3 is 3.07 bits per heavy atom. The predicted molar refractivity (Wildman–Crippen MR) is 64.3 cm³/mol. The number of thiocarbonyl (C=S) groups is 1. The Hall–Kier alpha value is -0.920. The Labute approximate surface area is 96.8 Å². The molecule has 0 spiro atoms. The van der Waals surface area contributed by atoms with Crippen LogP contribution in [0.1, 0.15) is 5.69 Å². The van der Waals surface area contributed by atoms with E-state index in [-0.39, 0.29) is 4.87 Å². The van der Waals surface area contributed by atoms with Crippen molar-refractivity contribution in [3.05, 3.63) is 20.7 Å². The standard InChI is InChI=1S/C8H13N3O2S2/c1-13-3-2-9-7(14)10-4-6-5-15-8(12)11-6/h5H,2-4H2,1H3,(H,11,12)(H2,9,10,14). The molecule has 15 heavy (non-hydrogen) atoms. The maximum Gasteiger partial charge on any atom is 0.304 e. The normalized spacial score (nSPS) is 9.93. The summed E-state index contributed by atoms with van der Waals surface area (Å²) in [6.07, 6.45) is 0. The molecule has 0 bridgehead atoms. The van der Waals surface area contributed by atoms with Crippen molar-refractivity contribution in [2.24, 2.45) is 0 Å². The van der Waals surface area contributed by atoms with Crippen LogP contribution in [0.15, 0.2) is 10.2 Å². The number of rotatable bonds is 5. The maximum atomic E-state index is 10.8. The van der Waals surface area contributed by atoms with Gasteiger partial charge in [0.25, 0.3) is 0 Å². The predicted octanol–water partition coefficient (Wildman–Crippen LogP) is 0.0469. The second-order valence-corrected chi connectivity index (χ2v) is 4.03. The van der Waals surface area contributed by atoms with Gasteiger partial charge in [0.1, 0.15) is 0 Å². The molecule has 3 N–H and O–H groups in total. The number of hydrogen-bond acceptors (Lipinski definition) is 4. The van der Waals surface area contributed by atoms with Gasteiger partial charge in [0.05, 0.1) is 13.2 Å². The second-order valence-electron chi connectivity index (χ2n) is 2.78. The number of hydrogen-bond donors (Lipinski definition) is 3. The van der Waals surface area contributed by atoms with Gasteiger partial charge in [-0.05, 0) is 12.2 Å². The molecule has 0 saturated carbocycles. The van der Waals surface area contributed by atoms with E-state index in [0.29, 0.717) is 24.8 Å². The minimum Gasteiger partial charge on any atom is -0.383 e. The molecule has 1 aromatic rings. The summed E-state index contributed by atoms with van der Waals surface area (Å²) in [5, 5.41) is 8.27. The largest absolute Gasteiger partial charge is 0.383 e. The average molecular weight is 247 g/mol. The number of methoxy groups -OCH3 is 1. The van der Waals surface area contributed by atoms with Crippen LogP contribution in [0.3, 0.4) is 0 Å². The van der Waals surface area contributed by atoms with Crippen molar-refractivity contribution in [1.82, 2.24) is 15.6 Å². The molecule has 0 amide bonds. The van der Waals surface area contributed by atoms with E-state index in [0.717, 1.165) is 17.0 Å². The smallest absolute Gasteiger partial charge is 0.304 e. The summed E-state index contributed by atoms with van der Waals surface area (Å²) in [5.74, 6) is 0. The molecule has 0 aliphatic carbocycles. The lowest BCUT2D eigenvalue weighted by molar-refractivity contribution is 0.204. The second kappa shape index (κ2) is 6.54. The van der Waals surface area contributed by atoms with E-state index in [1.54, 1.807) is 12.5 Å². The minimum atomic E-state index is -0.0509. The highest BCUT2D eigenvalue weighted by Gasteiger charge is 1.98. The molecule has 7 heteroatoms. The molecule has 0 atom stereocenters. The molecule has 0 aliphatic heterocycles. The number of aromatic amines is 1. The number of thiazole rings is 1. The van der Waals surface area contributed by atoms with E-state index in [2.05, 4.69) is 15.6 Å². The number of aromatic nitrogens is 1. The van der Waals surface area contributed by atoms with Crippen LogP contribution in [0, 0.1) is 0 Å². The van der Waals surface area contributed by atoms with Gasteiger partial charge in [-0.25, -0.2) is 0 Å². The monoisotopic (exact) mass is 247 g/mol. The molecular formula is C8H13N3O2S2. The fourth-order valence-electron chi connectivity index (χ4n) is 0.905. The minimum absolute atomic E-state index is 0.0509.